The molecule has 1 N–H and O–H groups in total. The third-order valence-electron chi connectivity index (χ3n) is 4.28. The first kappa shape index (κ1) is 19.8. The molecule has 0 aliphatic heterocycles. The molecule has 2 aromatic carbocycles. The molecule has 0 radical (unpaired) electrons. The number of likely N-dealkylation sites (N-methyl/N-ethyl adjacent to an activating group) is 1. The molecule has 3 aromatic rings. The molecular formula is C20H21N3O4S. The smallest absolute Gasteiger partial charge is 0.248 e. The van der Waals surface area contributed by atoms with E-state index in [1.165, 1.54) is 14.0 Å². The van der Waals surface area contributed by atoms with Crippen LogP contribution in [0.25, 0.3) is 11.1 Å². The third kappa shape index (κ3) is 4.13. The molecule has 1 aromatic heterocycles. The predicted octanol–water partition coefficient (Wildman–Crippen LogP) is 3.22. The Bertz CT molecular complexity index is 1050. The van der Waals surface area contributed by atoms with Gasteiger partial charge in [-0.2, -0.15) is 4.31 Å². The molecule has 0 aliphatic rings. The van der Waals surface area contributed by atoms with Crippen molar-refractivity contribution in [2.75, 3.05) is 18.9 Å². The van der Waals surface area contributed by atoms with Gasteiger partial charge in [0, 0.05) is 12.7 Å². The zero-order valence-corrected chi connectivity index (χ0v) is 16.7. The Kier molecular flexibility index (Phi) is 5.62. The lowest BCUT2D eigenvalue weighted by atomic mass is 10.1. The second-order valence-corrected chi connectivity index (χ2v) is 8.39. The highest BCUT2D eigenvalue weighted by Crippen LogP contribution is 2.23. The molecule has 1 amide bonds. The maximum atomic E-state index is 12.7. The van der Waals surface area contributed by atoms with Gasteiger partial charge in [-0.15, -0.1) is 0 Å². The molecule has 0 aliphatic carbocycles. The Morgan fingerprint density at radius 3 is 2.21 bits per heavy atom. The van der Waals surface area contributed by atoms with Crippen LogP contribution in [-0.4, -0.2) is 37.4 Å². The van der Waals surface area contributed by atoms with E-state index in [1.807, 2.05) is 42.5 Å². The number of benzene rings is 2. The summed E-state index contributed by atoms with van der Waals surface area (Å²) in [5.74, 6) is -0.244. The van der Waals surface area contributed by atoms with Gasteiger partial charge in [0.1, 0.15) is 10.6 Å². The Balaban J connectivity index is 1.67. The zero-order valence-electron chi connectivity index (χ0n) is 15.8. The highest BCUT2D eigenvalue weighted by atomic mass is 32.2. The monoisotopic (exact) mass is 399 g/mol. The summed E-state index contributed by atoms with van der Waals surface area (Å²) < 4.78 is 31.2. The van der Waals surface area contributed by atoms with Crippen molar-refractivity contribution in [1.29, 1.82) is 0 Å². The predicted molar refractivity (Wildman–Crippen MR) is 106 cm³/mol. The minimum atomic E-state index is -3.87. The molecule has 1 heterocycles. The van der Waals surface area contributed by atoms with Gasteiger partial charge in [-0.1, -0.05) is 47.6 Å². The highest BCUT2D eigenvalue weighted by Gasteiger charge is 2.29. The van der Waals surface area contributed by atoms with Gasteiger partial charge in [-0.3, -0.25) is 4.79 Å². The second kappa shape index (κ2) is 7.95. The first-order valence-corrected chi connectivity index (χ1v) is 10.1. The molecular weight excluding hydrogens is 378 g/mol. The summed E-state index contributed by atoms with van der Waals surface area (Å²) in [6, 6.07) is 17.2. The third-order valence-corrected chi connectivity index (χ3v) is 6.33. The fourth-order valence-electron chi connectivity index (χ4n) is 2.86. The molecule has 0 bridgehead atoms. The number of nitrogens with one attached hydrogen (secondary N) is 1. The van der Waals surface area contributed by atoms with Crippen molar-refractivity contribution in [1.82, 2.24) is 9.46 Å². The fourth-order valence-corrected chi connectivity index (χ4v) is 4.27. The number of anilines is 1. The minimum absolute atomic E-state index is 0.00462. The van der Waals surface area contributed by atoms with Crippen molar-refractivity contribution >= 4 is 21.6 Å². The number of carbonyl (C=O) groups is 1. The first-order valence-electron chi connectivity index (χ1n) is 8.63. The number of hydrogen-bond donors (Lipinski definition) is 1. The van der Waals surface area contributed by atoms with E-state index in [0.29, 0.717) is 5.69 Å². The number of aryl methyl sites for hydroxylation is 2. The lowest BCUT2D eigenvalue weighted by Gasteiger charge is -2.16. The molecule has 0 saturated carbocycles. The van der Waals surface area contributed by atoms with E-state index in [2.05, 4.69) is 10.5 Å². The van der Waals surface area contributed by atoms with E-state index in [0.717, 1.165) is 15.4 Å². The van der Waals surface area contributed by atoms with Gasteiger partial charge in [0.2, 0.25) is 15.9 Å². The fraction of sp³-hybridized carbons (Fsp3) is 0.200. The standard InChI is InChI=1S/C20H21N3O4S/c1-14-20(15(2)27-22-14)28(25,26)23(3)13-19(24)21-18-11-9-17(10-12-18)16-7-5-4-6-8-16/h4-12H,13H2,1-3H3,(H,21,24). The molecule has 0 saturated heterocycles. The first-order chi connectivity index (χ1) is 13.3. The van der Waals surface area contributed by atoms with E-state index in [-0.39, 0.29) is 22.9 Å². The van der Waals surface area contributed by atoms with Crippen LogP contribution in [0.5, 0.6) is 0 Å². The van der Waals surface area contributed by atoms with E-state index in [1.54, 1.807) is 19.1 Å². The number of rotatable bonds is 6. The summed E-state index contributed by atoms with van der Waals surface area (Å²) >= 11 is 0. The van der Waals surface area contributed by atoms with Crippen molar-refractivity contribution < 1.29 is 17.7 Å². The molecule has 8 heteroatoms. The van der Waals surface area contributed by atoms with Crippen LogP contribution in [0, 0.1) is 13.8 Å². The number of nitrogens with zero attached hydrogens (tertiary/aromatic N) is 2. The van der Waals surface area contributed by atoms with Crippen molar-refractivity contribution in [3.05, 3.63) is 66.1 Å². The number of amides is 1. The van der Waals surface area contributed by atoms with Gasteiger partial charge in [0.05, 0.1) is 6.54 Å². The number of sulfonamides is 1. The van der Waals surface area contributed by atoms with Gasteiger partial charge >= 0.3 is 0 Å². The summed E-state index contributed by atoms with van der Waals surface area (Å²) in [4.78, 5) is 12.3. The maximum absolute atomic E-state index is 12.7. The van der Waals surface area contributed by atoms with Gasteiger partial charge in [0.15, 0.2) is 5.76 Å². The number of aromatic nitrogens is 1. The van der Waals surface area contributed by atoms with Crippen LogP contribution in [0.4, 0.5) is 5.69 Å². The SMILES string of the molecule is Cc1noc(C)c1S(=O)(=O)N(C)CC(=O)Nc1ccc(-c2ccccc2)cc1. The van der Waals surface area contributed by atoms with Gasteiger partial charge in [-0.05, 0) is 37.1 Å². The van der Waals surface area contributed by atoms with Crippen molar-refractivity contribution in [3.8, 4) is 11.1 Å². The van der Waals surface area contributed by atoms with E-state index >= 15 is 0 Å². The molecule has 28 heavy (non-hydrogen) atoms. The minimum Gasteiger partial charge on any atom is -0.360 e. The Morgan fingerprint density at radius 2 is 1.64 bits per heavy atom. The van der Waals surface area contributed by atoms with E-state index < -0.39 is 15.9 Å². The highest BCUT2D eigenvalue weighted by molar-refractivity contribution is 7.89. The van der Waals surface area contributed by atoms with Gasteiger partial charge in [0.25, 0.3) is 0 Å². The van der Waals surface area contributed by atoms with Crippen LogP contribution in [-0.2, 0) is 14.8 Å². The molecule has 146 valence electrons. The van der Waals surface area contributed by atoms with E-state index in [4.69, 9.17) is 4.52 Å². The van der Waals surface area contributed by atoms with Gasteiger partial charge in [-0.25, -0.2) is 8.42 Å². The lowest BCUT2D eigenvalue weighted by Crippen LogP contribution is -2.35. The van der Waals surface area contributed by atoms with Gasteiger partial charge < -0.3 is 9.84 Å². The molecule has 0 spiro atoms. The number of carbonyl (C=O) groups excluding carboxylic acids is 1. The molecule has 3 rings (SSSR count). The second-order valence-electron chi connectivity index (χ2n) is 6.41. The van der Waals surface area contributed by atoms with Crippen LogP contribution in [0.15, 0.2) is 64.0 Å². The summed E-state index contributed by atoms with van der Waals surface area (Å²) in [6.07, 6.45) is 0. The summed E-state index contributed by atoms with van der Waals surface area (Å²) in [5.41, 5.74) is 2.96. The normalized spacial score (nSPS) is 11.6. The largest absolute Gasteiger partial charge is 0.360 e. The average molecular weight is 399 g/mol. The lowest BCUT2D eigenvalue weighted by molar-refractivity contribution is -0.116. The van der Waals surface area contributed by atoms with E-state index in [9.17, 15) is 13.2 Å². The van der Waals surface area contributed by atoms with Crippen LogP contribution in [0.2, 0.25) is 0 Å². The van der Waals surface area contributed by atoms with Crippen LogP contribution >= 0.6 is 0 Å². The molecule has 0 fully saturated rings. The molecule has 0 atom stereocenters. The Labute approximate surface area is 164 Å². The maximum Gasteiger partial charge on any atom is 0.248 e. The van der Waals surface area contributed by atoms with Crippen LogP contribution in [0.3, 0.4) is 0 Å². The van der Waals surface area contributed by atoms with Crippen LogP contribution in [0.1, 0.15) is 11.5 Å². The zero-order chi connectivity index (χ0) is 20.3. The van der Waals surface area contributed by atoms with Crippen molar-refractivity contribution in [2.45, 2.75) is 18.7 Å². The summed E-state index contributed by atoms with van der Waals surface area (Å²) in [6.45, 7) is 2.74. The molecule has 7 nitrogen and oxygen atoms in total. The average Bonchev–Trinajstić information content (AvgIpc) is 3.02. The van der Waals surface area contributed by atoms with Crippen molar-refractivity contribution in [2.24, 2.45) is 0 Å². The Hall–Kier alpha value is -2.97. The topological polar surface area (TPSA) is 92.5 Å². The summed E-state index contributed by atoms with van der Waals surface area (Å²) in [7, 11) is -2.52. The summed E-state index contributed by atoms with van der Waals surface area (Å²) in [5, 5.41) is 6.38. The van der Waals surface area contributed by atoms with Crippen molar-refractivity contribution in [3.63, 3.8) is 0 Å². The quantitative estimate of drug-likeness (QED) is 0.687. The Morgan fingerprint density at radius 1 is 1.04 bits per heavy atom. The molecule has 0 unspecified atom stereocenters. The number of hydrogen-bond acceptors (Lipinski definition) is 5. The van der Waals surface area contributed by atoms with Crippen LogP contribution < -0.4 is 5.32 Å².